The molecule has 0 radical (unpaired) electrons. The SMILES string of the molecule is [CH3][Hf]([CH3])[CH]1C(c2ccccc2)=Cc2ccccc21. The fourth-order valence-corrected chi connectivity index (χ4v) is 9.14. The Bertz CT molecular complexity index is 582. The van der Waals surface area contributed by atoms with Crippen molar-refractivity contribution in [3.63, 3.8) is 0 Å². The summed E-state index contributed by atoms with van der Waals surface area (Å²) >= 11 is -1.49. The van der Waals surface area contributed by atoms with Gasteiger partial charge in [0.05, 0.1) is 0 Å². The monoisotopic (exact) mass is 401 g/mol. The van der Waals surface area contributed by atoms with Gasteiger partial charge in [-0.3, -0.25) is 0 Å². The topological polar surface area (TPSA) is 0 Å². The van der Waals surface area contributed by atoms with Crippen molar-refractivity contribution >= 4 is 11.6 Å². The quantitative estimate of drug-likeness (QED) is 0.624. The van der Waals surface area contributed by atoms with E-state index in [0.29, 0.717) is 0 Å². The minimum atomic E-state index is -1.49. The number of allylic oxidation sites excluding steroid dienone is 1. The van der Waals surface area contributed by atoms with Crippen LogP contribution in [0.25, 0.3) is 11.6 Å². The molecule has 0 fully saturated rings. The van der Waals surface area contributed by atoms with Gasteiger partial charge in [0.1, 0.15) is 0 Å². The van der Waals surface area contributed by atoms with Crippen LogP contribution >= 0.6 is 0 Å². The molecule has 0 aliphatic heterocycles. The van der Waals surface area contributed by atoms with Gasteiger partial charge in [0, 0.05) is 0 Å². The molecule has 0 amide bonds. The van der Waals surface area contributed by atoms with Gasteiger partial charge in [-0.05, 0) is 0 Å². The Kier molecular flexibility index (Phi) is 3.34. The van der Waals surface area contributed by atoms with Gasteiger partial charge in [-0.15, -0.1) is 0 Å². The van der Waals surface area contributed by atoms with Crippen LogP contribution < -0.4 is 0 Å². The van der Waals surface area contributed by atoms with Crippen LogP contribution in [-0.4, -0.2) is 0 Å². The molecule has 0 aromatic heterocycles. The van der Waals surface area contributed by atoms with Gasteiger partial charge in [-0.2, -0.15) is 0 Å². The zero-order chi connectivity index (χ0) is 12.5. The van der Waals surface area contributed by atoms with Gasteiger partial charge in [0.25, 0.3) is 0 Å². The standard InChI is InChI=1S/C15H11.2CH3.Hf/c1-2-6-12(7-3-1)15-10-13-8-4-5-9-14(13)11-15;;;/h1-11H;2*1H3;. The van der Waals surface area contributed by atoms with Crippen LogP contribution in [0, 0.1) is 0 Å². The number of fused-ring (bicyclic) bond motifs is 1. The van der Waals surface area contributed by atoms with Gasteiger partial charge in [-0.1, -0.05) is 0 Å². The van der Waals surface area contributed by atoms with Gasteiger partial charge in [0.15, 0.2) is 0 Å². The molecule has 3 rings (SSSR count). The second kappa shape index (κ2) is 4.97. The Balaban J connectivity index is 2.12. The summed E-state index contributed by atoms with van der Waals surface area (Å²) in [4.78, 5) is 0. The zero-order valence-electron chi connectivity index (χ0n) is 10.9. The summed E-state index contributed by atoms with van der Waals surface area (Å²) in [5, 5.41) is 0. The van der Waals surface area contributed by atoms with E-state index in [1.54, 1.807) is 11.1 Å². The molecule has 0 N–H and O–H groups in total. The van der Waals surface area contributed by atoms with Gasteiger partial charge in [0.2, 0.25) is 0 Å². The third-order valence-corrected chi connectivity index (χ3v) is 10.00. The second-order valence-electron chi connectivity index (χ2n) is 5.10. The van der Waals surface area contributed by atoms with Crippen LogP contribution in [-0.2, 0) is 21.4 Å². The van der Waals surface area contributed by atoms with E-state index in [2.05, 4.69) is 70.0 Å². The molecule has 0 saturated carbocycles. The summed E-state index contributed by atoms with van der Waals surface area (Å²) in [6.07, 6.45) is 2.41. The Morgan fingerprint density at radius 2 is 1.50 bits per heavy atom. The van der Waals surface area contributed by atoms with Crippen LogP contribution in [0.4, 0.5) is 0 Å². The molecule has 1 unspecified atom stereocenters. The Labute approximate surface area is 117 Å². The third kappa shape index (κ3) is 2.05. The fourth-order valence-electron chi connectivity index (χ4n) is 2.83. The first-order valence-electron chi connectivity index (χ1n) is 6.43. The summed E-state index contributed by atoms with van der Waals surface area (Å²) in [6.45, 7) is 0. The zero-order valence-corrected chi connectivity index (χ0v) is 14.4. The van der Waals surface area contributed by atoms with Gasteiger partial charge < -0.3 is 0 Å². The van der Waals surface area contributed by atoms with E-state index in [9.17, 15) is 0 Å². The normalized spacial score (nSPS) is 17.2. The van der Waals surface area contributed by atoms with Crippen molar-refractivity contribution < 1.29 is 21.4 Å². The number of hydrogen-bond donors (Lipinski definition) is 0. The second-order valence-corrected chi connectivity index (χ2v) is 14.9. The molecular weight excluding hydrogens is 383 g/mol. The Morgan fingerprint density at radius 3 is 2.22 bits per heavy atom. The first-order chi connectivity index (χ1) is 8.77. The first kappa shape index (κ1) is 12.1. The molecule has 18 heavy (non-hydrogen) atoms. The summed E-state index contributed by atoms with van der Waals surface area (Å²) in [5.74, 6) is 0. The van der Waals surface area contributed by atoms with E-state index in [-0.39, 0.29) is 0 Å². The number of rotatable bonds is 2. The maximum atomic E-state index is 2.52. The predicted molar refractivity (Wildman–Crippen MR) is 75.2 cm³/mol. The average Bonchev–Trinajstić information content (AvgIpc) is 2.79. The van der Waals surface area contributed by atoms with E-state index >= 15 is 0 Å². The van der Waals surface area contributed by atoms with Crippen LogP contribution in [0.1, 0.15) is 20.4 Å². The summed E-state index contributed by atoms with van der Waals surface area (Å²) in [5.41, 5.74) is 5.98. The van der Waals surface area contributed by atoms with Crippen molar-refractivity contribution in [3.05, 3.63) is 71.3 Å². The molecule has 89 valence electrons. The molecule has 0 heterocycles. The number of hydrogen-bond acceptors (Lipinski definition) is 0. The van der Waals surface area contributed by atoms with Crippen LogP contribution in [0.3, 0.4) is 0 Å². The van der Waals surface area contributed by atoms with Crippen molar-refractivity contribution in [1.82, 2.24) is 0 Å². The van der Waals surface area contributed by atoms with Crippen LogP contribution in [0.5, 0.6) is 0 Å². The van der Waals surface area contributed by atoms with E-state index in [1.165, 1.54) is 11.1 Å². The van der Waals surface area contributed by atoms with E-state index in [0.717, 1.165) is 3.67 Å². The third-order valence-electron chi connectivity index (χ3n) is 3.61. The summed E-state index contributed by atoms with van der Waals surface area (Å²) < 4.78 is 5.79. The average molecular weight is 400 g/mol. The number of benzene rings is 2. The van der Waals surface area contributed by atoms with Gasteiger partial charge >= 0.3 is 117 Å². The summed E-state index contributed by atoms with van der Waals surface area (Å²) in [7, 11) is 0. The molecule has 0 nitrogen and oxygen atoms in total. The fraction of sp³-hybridized carbons (Fsp3) is 0.176. The molecule has 0 spiro atoms. The molecular formula is C17H17Hf. The maximum absolute atomic E-state index is 2.52. The Hall–Kier alpha value is -0.950. The predicted octanol–water partition coefficient (Wildman–Crippen LogP) is 5.00. The molecule has 1 aliphatic carbocycles. The molecule has 1 heteroatoms. The molecule has 0 bridgehead atoms. The summed E-state index contributed by atoms with van der Waals surface area (Å²) in [6, 6.07) is 19.8. The van der Waals surface area contributed by atoms with E-state index < -0.39 is 21.4 Å². The van der Waals surface area contributed by atoms with Crippen molar-refractivity contribution in [3.8, 4) is 0 Å². The molecule has 2 aromatic carbocycles. The first-order valence-corrected chi connectivity index (χ1v) is 15.7. The van der Waals surface area contributed by atoms with Crippen molar-refractivity contribution in [2.45, 2.75) is 13.0 Å². The van der Waals surface area contributed by atoms with Crippen LogP contribution in [0.2, 0.25) is 9.36 Å². The van der Waals surface area contributed by atoms with Crippen molar-refractivity contribution in [1.29, 1.82) is 0 Å². The minimum absolute atomic E-state index is 0.744. The molecule has 1 aliphatic rings. The molecule has 0 saturated heterocycles. The van der Waals surface area contributed by atoms with Crippen molar-refractivity contribution in [2.75, 3.05) is 0 Å². The Morgan fingerprint density at radius 1 is 0.833 bits per heavy atom. The van der Waals surface area contributed by atoms with Crippen LogP contribution in [0.15, 0.2) is 54.6 Å². The van der Waals surface area contributed by atoms with Gasteiger partial charge in [-0.25, -0.2) is 0 Å². The van der Waals surface area contributed by atoms with E-state index in [4.69, 9.17) is 0 Å². The molecule has 2 aromatic rings. The van der Waals surface area contributed by atoms with Crippen molar-refractivity contribution in [2.24, 2.45) is 0 Å². The van der Waals surface area contributed by atoms with E-state index in [1.807, 2.05) is 0 Å². The molecule has 1 atom stereocenters.